The highest BCUT2D eigenvalue weighted by molar-refractivity contribution is 5.62. The van der Waals surface area contributed by atoms with Crippen LogP contribution in [0.1, 0.15) is 32.4 Å². The van der Waals surface area contributed by atoms with Crippen LogP contribution in [0.15, 0.2) is 0 Å². The molecule has 2 atom stereocenters. The van der Waals surface area contributed by atoms with Crippen LogP contribution in [0, 0.1) is 16.0 Å². The lowest BCUT2D eigenvalue weighted by Crippen LogP contribution is -2.48. The Morgan fingerprint density at radius 1 is 1.55 bits per heavy atom. The summed E-state index contributed by atoms with van der Waals surface area (Å²) in [5.74, 6) is 1.05. The minimum Gasteiger partial charge on any atom is -0.350 e. The van der Waals surface area contributed by atoms with Crippen LogP contribution in [0.4, 0.5) is 11.5 Å². The van der Waals surface area contributed by atoms with Gasteiger partial charge in [-0.3, -0.25) is 10.1 Å². The molecular formula is C13H23N5O2. The molecular weight excluding hydrogens is 258 g/mol. The van der Waals surface area contributed by atoms with Gasteiger partial charge in [0, 0.05) is 26.2 Å². The first-order chi connectivity index (χ1) is 9.45. The maximum absolute atomic E-state index is 11.4. The zero-order valence-electron chi connectivity index (χ0n) is 12.4. The molecule has 0 amide bonds. The number of rotatable bonds is 4. The first kappa shape index (κ1) is 14.8. The molecule has 1 fully saturated rings. The Balaban J connectivity index is 2.37. The van der Waals surface area contributed by atoms with Gasteiger partial charge in [-0.2, -0.15) is 5.10 Å². The lowest BCUT2D eigenvalue weighted by molar-refractivity contribution is -0.384. The van der Waals surface area contributed by atoms with Crippen molar-refractivity contribution < 1.29 is 4.92 Å². The van der Waals surface area contributed by atoms with Crippen molar-refractivity contribution in [3.8, 4) is 0 Å². The number of nitro groups is 1. The number of anilines is 1. The quantitative estimate of drug-likeness (QED) is 0.666. The topological polar surface area (TPSA) is 90.2 Å². The molecule has 2 rings (SSSR count). The fourth-order valence-corrected chi connectivity index (χ4v) is 2.80. The molecule has 2 heterocycles. The molecule has 0 radical (unpaired) electrons. The molecule has 0 bridgehead atoms. The van der Waals surface area contributed by atoms with E-state index in [0.717, 1.165) is 19.4 Å². The van der Waals surface area contributed by atoms with Crippen LogP contribution >= 0.6 is 0 Å². The van der Waals surface area contributed by atoms with Crippen molar-refractivity contribution in [3.63, 3.8) is 0 Å². The molecule has 1 saturated heterocycles. The van der Waals surface area contributed by atoms with Crippen LogP contribution in [0.25, 0.3) is 0 Å². The third-order valence-electron chi connectivity index (χ3n) is 4.05. The van der Waals surface area contributed by atoms with Crippen LogP contribution in [0.3, 0.4) is 0 Å². The molecule has 1 aliphatic heterocycles. The zero-order valence-corrected chi connectivity index (χ0v) is 12.4. The summed E-state index contributed by atoms with van der Waals surface area (Å²) in [5, 5.41) is 15.7. The van der Waals surface area contributed by atoms with E-state index in [1.807, 2.05) is 11.8 Å². The van der Waals surface area contributed by atoms with Gasteiger partial charge in [-0.15, -0.1) is 0 Å². The highest BCUT2D eigenvalue weighted by Gasteiger charge is 2.33. The molecule has 1 aromatic heterocycles. The van der Waals surface area contributed by atoms with E-state index in [1.54, 1.807) is 11.7 Å². The van der Waals surface area contributed by atoms with E-state index in [-0.39, 0.29) is 16.7 Å². The summed E-state index contributed by atoms with van der Waals surface area (Å²) >= 11 is 0. The molecule has 0 spiro atoms. The van der Waals surface area contributed by atoms with E-state index in [2.05, 4.69) is 12.0 Å². The van der Waals surface area contributed by atoms with E-state index >= 15 is 0 Å². The van der Waals surface area contributed by atoms with Gasteiger partial charge >= 0.3 is 5.69 Å². The van der Waals surface area contributed by atoms with Gasteiger partial charge in [0.2, 0.25) is 5.82 Å². The first-order valence-corrected chi connectivity index (χ1v) is 7.16. The fourth-order valence-electron chi connectivity index (χ4n) is 2.80. The van der Waals surface area contributed by atoms with E-state index in [0.29, 0.717) is 30.4 Å². The molecule has 7 heteroatoms. The third-order valence-corrected chi connectivity index (χ3v) is 4.05. The Bertz CT molecular complexity index is 499. The van der Waals surface area contributed by atoms with Crippen LogP contribution in [-0.2, 0) is 13.5 Å². The van der Waals surface area contributed by atoms with Gasteiger partial charge < -0.3 is 10.6 Å². The predicted molar refractivity (Wildman–Crippen MR) is 77.8 cm³/mol. The van der Waals surface area contributed by atoms with Gasteiger partial charge in [0.05, 0.1) is 4.92 Å². The lowest BCUT2D eigenvalue weighted by Gasteiger charge is -2.35. The second-order valence-corrected chi connectivity index (χ2v) is 5.63. The summed E-state index contributed by atoms with van der Waals surface area (Å²) in [5.41, 5.74) is 6.83. The van der Waals surface area contributed by atoms with Gasteiger partial charge in [0.25, 0.3) is 0 Å². The van der Waals surface area contributed by atoms with Gasteiger partial charge in [-0.25, -0.2) is 4.68 Å². The van der Waals surface area contributed by atoms with Gasteiger partial charge in [-0.1, -0.05) is 20.3 Å². The summed E-state index contributed by atoms with van der Waals surface area (Å²) in [6.45, 7) is 5.56. The summed E-state index contributed by atoms with van der Waals surface area (Å²) in [6, 6.07) is 0.0490. The average molecular weight is 281 g/mol. The van der Waals surface area contributed by atoms with Crippen molar-refractivity contribution in [2.45, 2.75) is 39.2 Å². The van der Waals surface area contributed by atoms with E-state index in [9.17, 15) is 10.1 Å². The molecule has 0 aliphatic carbocycles. The van der Waals surface area contributed by atoms with Crippen molar-refractivity contribution in [2.24, 2.45) is 18.7 Å². The maximum Gasteiger partial charge on any atom is 0.334 e. The Labute approximate surface area is 118 Å². The minimum absolute atomic E-state index is 0.0490. The average Bonchev–Trinajstić information content (AvgIpc) is 2.70. The van der Waals surface area contributed by atoms with Crippen molar-refractivity contribution in [2.75, 3.05) is 18.0 Å². The van der Waals surface area contributed by atoms with E-state index in [4.69, 9.17) is 5.73 Å². The van der Waals surface area contributed by atoms with Gasteiger partial charge in [0.15, 0.2) is 0 Å². The molecule has 112 valence electrons. The summed E-state index contributed by atoms with van der Waals surface area (Å²) in [6.07, 6.45) is 2.42. The summed E-state index contributed by atoms with van der Waals surface area (Å²) in [4.78, 5) is 13.1. The number of aromatic nitrogens is 2. The third kappa shape index (κ3) is 2.63. The Kier molecular flexibility index (Phi) is 4.27. The monoisotopic (exact) mass is 281 g/mol. The summed E-state index contributed by atoms with van der Waals surface area (Å²) < 4.78 is 1.63. The van der Waals surface area contributed by atoms with E-state index < -0.39 is 0 Å². The van der Waals surface area contributed by atoms with Crippen LogP contribution in [0.5, 0.6) is 0 Å². The van der Waals surface area contributed by atoms with Crippen molar-refractivity contribution in [1.29, 1.82) is 0 Å². The number of nitrogens with zero attached hydrogens (tertiary/aromatic N) is 4. The number of aryl methyl sites for hydroxylation is 2. The Morgan fingerprint density at radius 2 is 2.25 bits per heavy atom. The molecule has 20 heavy (non-hydrogen) atoms. The van der Waals surface area contributed by atoms with Crippen molar-refractivity contribution >= 4 is 11.5 Å². The minimum atomic E-state index is -0.309. The molecule has 0 saturated carbocycles. The molecule has 0 aromatic carbocycles. The Hall–Kier alpha value is -1.63. The zero-order chi connectivity index (χ0) is 14.9. The van der Waals surface area contributed by atoms with Crippen LogP contribution in [-0.4, -0.2) is 33.8 Å². The van der Waals surface area contributed by atoms with Crippen LogP contribution in [0.2, 0.25) is 0 Å². The first-order valence-electron chi connectivity index (χ1n) is 7.16. The normalized spacial score (nSPS) is 23.1. The predicted octanol–water partition coefficient (Wildman–Crippen LogP) is 1.45. The maximum atomic E-state index is 11.4. The second-order valence-electron chi connectivity index (χ2n) is 5.63. The number of hydrogen-bond donors (Lipinski definition) is 1. The number of piperidine rings is 1. The fraction of sp³-hybridized carbons (Fsp3) is 0.769. The highest BCUT2D eigenvalue weighted by atomic mass is 16.6. The van der Waals surface area contributed by atoms with Crippen molar-refractivity contribution in [3.05, 3.63) is 15.8 Å². The number of hydrogen-bond acceptors (Lipinski definition) is 5. The smallest absolute Gasteiger partial charge is 0.334 e. The Morgan fingerprint density at radius 3 is 2.80 bits per heavy atom. The largest absolute Gasteiger partial charge is 0.350 e. The van der Waals surface area contributed by atoms with Gasteiger partial charge in [-0.05, 0) is 18.8 Å². The lowest BCUT2D eigenvalue weighted by atomic mass is 9.94. The molecule has 2 unspecified atom stereocenters. The van der Waals surface area contributed by atoms with Crippen LogP contribution < -0.4 is 10.6 Å². The molecule has 1 aliphatic rings. The molecule has 1 aromatic rings. The highest BCUT2D eigenvalue weighted by Crippen LogP contribution is 2.34. The summed E-state index contributed by atoms with van der Waals surface area (Å²) in [7, 11) is 1.77. The van der Waals surface area contributed by atoms with Crippen molar-refractivity contribution in [1.82, 2.24) is 9.78 Å². The number of nitrogens with two attached hydrogens (primary N) is 1. The molecule has 7 nitrogen and oxygen atoms in total. The standard InChI is InChI=1S/C13H23N5O2/c1-4-5-11-12(18(19)20)13(16(3)15-11)17-7-6-9(2)10(14)8-17/h9-10H,4-8,14H2,1-3H3. The second kappa shape index (κ2) is 5.78. The van der Waals surface area contributed by atoms with E-state index in [1.165, 1.54) is 0 Å². The van der Waals surface area contributed by atoms with Gasteiger partial charge in [0.1, 0.15) is 5.69 Å². The molecule has 2 N–H and O–H groups in total. The SMILES string of the molecule is CCCc1nn(C)c(N2CCC(C)C(N)C2)c1[N+](=O)[O-].